The molecule has 0 bridgehead atoms. The highest BCUT2D eigenvalue weighted by Crippen LogP contribution is 2.26. The molecule has 0 fully saturated rings. The lowest BCUT2D eigenvalue weighted by Gasteiger charge is -2.00. The van der Waals surface area contributed by atoms with Crippen LogP contribution >= 0.6 is 0 Å². The molecular formula is C10H9N3O3. The molecule has 2 heterocycles. The second-order valence-electron chi connectivity index (χ2n) is 3.09. The molecule has 16 heavy (non-hydrogen) atoms. The van der Waals surface area contributed by atoms with Gasteiger partial charge < -0.3 is 9.72 Å². The van der Waals surface area contributed by atoms with Gasteiger partial charge in [0, 0.05) is 24.0 Å². The van der Waals surface area contributed by atoms with E-state index in [0.717, 1.165) is 17.1 Å². The van der Waals surface area contributed by atoms with E-state index in [0.29, 0.717) is 11.4 Å². The van der Waals surface area contributed by atoms with Gasteiger partial charge in [0.1, 0.15) is 0 Å². The Kier molecular flexibility index (Phi) is 2.55. The lowest BCUT2D eigenvalue weighted by Crippen LogP contribution is -1.88. The van der Waals surface area contributed by atoms with E-state index in [2.05, 4.69) is 9.97 Å². The van der Waals surface area contributed by atoms with Gasteiger partial charge in [0.25, 0.3) is 0 Å². The molecule has 0 spiro atoms. The summed E-state index contributed by atoms with van der Waals surface area (Å²) in [7, 11) is 1.51. The summed E-state index contributed by atoms with van der Waals surface area (Å²) in [5.41, 5.74) is 1.51. The van der Waals surface area contributed by atoms with Gasteiger partial charge >= 0.3 is 0 Å². The Hall–Kier alpha value is -2.37. The maximum Gasteiger partial charge on any atom is 0.235 e. The molecule has 0 saturated heterocycles. The summed E-state index contributed by atoms with van der Waals surface area (Å²) in [5.74, 6) is 0.446. The maximum absolute atomic E-state index is 10.2. The Labute approximate surface area is 90.7 Å². The fourth-order valence-electron chi connectivity index (χ4n) is 1.50. The average Bonchev–Trinajstić information content (AvgIpc) is 2.69. The van der Waals surface area contributed by atoms with Gasteiger partial charge in [-0.3, -0.25) is 10.1 Å². The summed E-state index contributed by atoms with van der Waals surface area (Å²) in [6.07, 6.45) is 5.58. The van der Waals surface area contributed by atoms with Crippen LogP contribution in [-0.4, -0.2) is 22.0 Å². The van der Waals surface area contributed by atoms with Crippen LogP contribution in [0.1, 0.15) is 5.56 Å². The van der Waals surface area contributed by atoms with Gasteiger partial charge in [-0.1, -0.05) is 0 Å². The fourth-order valence-corrected chi connectivity index (χ4v) is 1.50. The van der Waals surface area contributed by atoms with Crippen molar-refractivity contribution in [3.05, 3.63) is 40.3 Å². The number of hydrogen-bond donors (Lipinski definition) is 1. The highest BCUT2D eigenvalue weighted by Gasteiger charge is 2.08. The van der Waals surface area contributed by atoms with Crippen LogP contribution in [0.25, 0.3) is 17.0 Å². The third kappa shape index (κ3) is 1.72. The Morgan fingerprint density at radius 2 is 2.44 bits per heavy atom. The monoisotopic (exact) mass is 219 g/mol. The Bertz CT molecular complexity index is 559. The zero-order valence-electron chi connectivity index (χ0n) is 8.51. The number of nitrogens with one attached hydrogen (secondary N) is 1. The summed E-state index contributed by atoms with van der Waals surface area (Å²) in [4.78, 5) is 16.8. The van der Waals surface area contributed by atoms with Gasteiger partial charge in [-0.25, -0.2) is 4.98 Å². The number of nitrogens with zero attached hydrogens (tertiary/aromatic N) is 2. The number of pyridine rings is 1. The number of aromatic nitrogens is 2. The second kappa shape index (κ2) is 4.01. The molecule has 0 aliphatic rings. The van der Waals surface area contributed by atoms with E-state index < -0.39 is 4.92 Å². The third-order valence-electron chi connectivity index (χ3n) is 2.16. The Balaban J connectivity index is 2.58. The minimum Gasteiger partial charge on any atom is -0.480 e. The van der Waals surface area contributed by atoms with Gasteiger partial charge in [-0.2, -0.15) is 0 Å². The molecule has 1 N–H and O–H groups in total. The first-order chi connectivity index (χ1) is 7.72. The number of H-pyrrole nitrogens is 1. The minimum absolute atomic E-state index is 0.446. The topological polar surface area (TPSA) is 81.0 Å². The molecule has 82 valence electrons. The molecule has 2 rings (SSSR count). The summed E-state index contributed by atoms with van der Waals surface area (Å²) in [6.45, 7) is 0. The van der Waals surface area contributed by atoms with E-state index >= 15 is 0 Å². The molecule has 0 atom stereocenters. The largest absolute Gasteiger partial charge is 0.480 e. The zero-order valence-corrected chi connectivity index (χ0v) is 8.51. The second-order valence-corrected chi connectivity index (χ2v) is 3.09. The van der Waals surface area contributed by atoms with Crippen molar-refractivity contribution in [3.8, 4) is 5.88 Å². The molecule has 6 nitrogen and oxygen atoms in total. The molecule has 0 unspecified atom stereocenters. The summed E-state index contributed by atoms with van der Waals surface area (Å²) in [5, 5.41) is 11.0. The Morgan fingerprint density at radius 3 is 3.12 bits per heavy atom. The lowest BCUT2D eigenvalue weighted by atomic mass is 10.2. The number of aromatic amines is 1. The first-order valence-corrected chi connectivity index (χ1v) is 4.54. The van der Waals surface area contributed by atoms with E-state index in [1.54, 1.807) is 18.5 Å². The van der Waals surface area contributed by atoms with Crippen molar-refractivity contribution in [2.45, 2.75) is 0 Å². The van der Waals surface area contributed by atoms with Crippen molar-refractivity contribution in [2.24, 2.45) is 0 Å². The van der Waals surface area contributed by atoms with Gasteiger partial charge in [0.15, 0.2) is 0 Å². The quantitative estimate of drug-likeness (QED) is 0.630. The molecule has 0 saturated carbocycles. The van der Waals surface area contributed by atoms with E-state index in [-0.39, 0.29) is 0 Å². The lowest BCUT2D eigenvalue weighted by molar-refractivity contribution is -0.400. The van der Waals surface area contributed by atoms with E-state index in [9.17, 15) is 10.1 Å². The van der Waals surface area contributed by atoms with Crippen LogP contribution in [0.5, 0.6) is 5.88 Å². The molecular weight excluding hydrogens is 210 g/mol. The van der Waals surface area contributed by atoms with Crippen LogP contribution in [0.2, 0.25) is 0 Å². The van der Waals surface area contributed by atoms with Gasteiger partial charge in [-0.15, -0.1) is 0 Å². The number of rotatable bonds is 3. The summed E-state index contributed by atoms with van der Waals surface area (Å²) in [6, 6.07) is 1.78. The predicted molar refractivity (Wildman–Crippen MR) is 58.7 cm³/mol. The fraction of sp³-hybridized carbons (Fsp3) is 0.100. The molecule has 0 aliphatic carbocycles. The first kappa shape index (κ1) is 10.2. The average molecular weight is 219 g/mol. The molecule has 0 aromatic carbocycles. The molecule has 0 aliphatic heterocycles. The van der Waals surface area contributed by atoms with Crippen LogP contribution in [-0.2, 0) is 0 Å². The van der Waals surface area contributed by atoms with Crippen molar-refractivity contribution < 1.29 is 9.66 Å². The number of ether oxygens (including phenoxy) is 1. The molecule has 6 heteroatoms. The van der Waals surface area contributed by atoms with Crippen molar-refractivity contribution in [3.63, 3.8) is 0 Å². The van der Waals surface area contributed by atoms with E-state index in [4.69, 9.17) is 4.74 Å². The normalized spacial score (nSPS) is 11.1. The zero-order chi connectivity index (χ0) is 11.5. The molecule has 2 aromatic heterocycles. The van der Waals surface area contributed by atoms with Gasteiger partial charge in [0.2, 0.25) is 12.1 Å². The van der Waals surface area contributed by atoms with E-state index in [1.165, 1.54) is 13.2 Å². The van der Waals surface area contributed by atoms with Crippen molar-refractivity contribution in [2.75, 3.05) is 7.11 Å². The summed E-state index contributed by atoms with van der Waals surface area (Å²) < 4.78 is 5.10. The van der Waals surface area contributed by atoms with E-state index in [1.807, 2.05) is 0 Å². The number of methoxy groups -OCH3 is 1. The van der Waals surface area contributed by atoms with Crippen LogP contribution in [0, 0.1) is 10.1 Å². The highest BCUT2D eigenvalue weighted by atomic mass is 16.6. The van der Waals surface area contributed by atoms with Crippen LogP contribution in [0.4, 0.5) is 0 Å². The molecule has 0 radical (unpaired) electrons. The number of fused-ring (bicyclic) bond motifs is 1. The van der Waals surface area contributed by atoms with Crippen LogP contribution in [0.15, 0.2) is 24.7 Å². The predicted octanol–water partition coefficient (Wildman–Crippen LogP) is 1.82. The first-order valence-electron chi connectivity index (χ1n) is 4.54. The molecule has 2 aromatic rings. The van der Waals surface area contributed by atoms with Crippen molar-refractivity contribution in [1.29, 1.82) is 0 Å². The number of nitro groups is 1. The molecule has 0 amide bonds. The number of hydrogen-bond acceptors (Lipinski definition) is 4. The third-order valence-corrected chi connectivity index (χ3v) is 2.16. The highest BCUT2D eigenvalue weighted by molar-refractivity contribution is 5.92. The standard InChI is InChI=1S/C10H9N3O3/c1-16-10-9-7(3-5-13(14)15)6-12-8(9)2-4-11-10/h2-6,12H,1H3. The van der Waals surface area contributed by atoms with Gasteiger partial charge in [0.05, 0.1) is 22.9 Å². The smallest absolute Gasteiger partial charge is 0.235 e. The van der Waals surface area contributed by atoms with Crippen LogP contribution < -0.4 is 4.74 Å². The van der Waals surface area contributed by atoms with Crippen molar-refractivity contribution >= 4 is 17.0 Å². The maximum atomic E-state index is 10.2. The Morgan fingerprint density at radius 1 is 1.62 bits per heavy atom. The van der Waals surface area contributed by atoms with Gasteiger partial charge in [-0.05, 0) is 6.07 Å². The van der Waals surface area contributed by atoms with Crippen molar-refractivity contribution in [1.82, 2.24) is 9.97 Å². The SMILES string of the molecule is COc1nccc2[nH]cc(C=C[N+](=O)[O-])c12. The van der Waals surface area contributed by atoms with Crippen LogP contribution in [0.3, 0.4) is 0 Å². The summed E-state index contributed by atoms with van der Waals surface area (Å²) >= 11 is 0. The minimum atomic E-state index is -0.512.